The van der Waals surface area contributed by atoms with E-state index in [2.05, 4.69) is 10.4 Å². The first kappa shape index (κ1) is 19.6. The highest BCUT2D eigenvalue weighted by Crippen LogP contribution is 2.31. The van der Waals surface area contributed by atoms with E-state index in [1.807, 2.05) is 61.2 Å². The van der Waals surface area contributed by atoms with Crippen LogP contribution < -0.4 is 15.8 Å². The molecule has 8 nitrogen and oxygen atoms in total. The number of nitrogen functional groups attached to an aromatic ring is 1. The van der Waals surface area contributed by atoms with Crippen molar-refractivity contribution in [3.05, 3.63) is 66.9 Å². The van der Waals surface area contributed by atoms with Gasteiger partial charge >= 0.3 is 5.97 Å². The van der Waals surface area contributed by atoms with E-state index in [0.717, 1.165) is 27.5 Å². The van der Waals surface area contributed by atoms with Gasteiger partial charge in [0.1, 0.15) is 11.6 Å². The highest BCUT2D eigenvalue weighted by molar-refractivity contribution is 6.10. The van der Waals surface area contributed by atoms with Gasteiger partial charge in [0.2, 0.25) is 7.98 Å². The van der Waals surface area contributed by atoms with Crippen molar-refractivity contribution in [1.82, 2.24) is 19.7 Å². The second kappa shape index (κ2) is 7.70. The Morgan fingerprint density at radius 2 is 1.97 bits per heavy atom. The van der Waals surface area contributed by atoms with Crippen LogP contribution in [0.5, 0.6) is 5.75 Å². The first-order valence-electron chi connectivity index (χ1n) is 10.0. The van der Waals surface area contributed by atoms with Gasteiger partial charge in [0, 0.05) is 34.6 Å². The molecule has 0 bridgehead atoms. The summed E-state index contributed by atoms with van der Waals surface area (Å²) < 4.78 is 7.09. The van der Waals surface area contributed by atoms with Gasteiger partial charge < -0.3 is 20.4 Å². The number of ether oxygens (including phenoxy) is 1. The number of nitrogens with one attached hydrogen (secondary N) is 1. The van der Waals surface area contributed by atoms with Gasteiger partial charge in [0.25, 0.3) is 0 Å². The zero-order valence-electron chi connectivity index (χ0n) is 17.5. The summed E-state index contributed by atoms with van der Waals surface area (Å²) in [6.07, 6.45) is 1.82. The van der Waals surface area contributed by atoms with Crippen LogP contribution in [0.3, 0.4) is 0 Å². The van der Waals surface area contributed by atoms with Gasteiger partial charge in [-0.25, -0.2) is 9.97 Å². The van der Waals surface area contributed by atoms with Crippen LogP contribution in [0.25, 0.3) is 33.2 Å². The molecule has 9 heteroatoms. The number of nitrogens with zero attached hydrogens (tertiary/aromatic N) is 4. The molecule has 156 valence electrons. The molecule has 0 aliphatic rings. The maximum Gasteiger partial charge on any atom is 0.308 e. The Kier molecular flexibility index (Phi) is 4.70. The lowest BCUT2D eigenvalue weighted by atomic mass is 10.1. The van der Waals surface area contributed by atoms with E-state index >= 15 is 0 Å². The normalized spacial score (nSPS) is 11.0. The monoisotopic (exact) mass is 422 g/mol. The Morgan fingerprint density at radius 1 is 1.09 bits per heavy atom. The van der Waals surface area contributed by atoms with Gasteiger partial charge in [-0.05, 0) is 48.5 Å². The molecule has 5 rings (SSSR count). The molecule has 3 N–H and O–H groups in total. The molecule has 0 atom stereocenters. The summed E-state index contributed by atoms with van der Waals surface area (Å²) in [5, 5.41) is 9.42. The fraction of sp³-hybridized carbons (Fsp3) is 0.0435. The van der Waals surface area contributed by atoms with E-state index in [1.165, 1.54) is 6.92 Å². The summed E-state index contributed by atoms with van der Waals surface area (Å²) in [6.45, 7) is 1.37. The lowest BCUT2D eigenvalue weighted by Gasteiger charge is -2.13. The van der Waals surface area contributed by atoms with Crippen LogP contribution >= 0.6 is 0 Å². The fourth-order valence-electron chi connectivity index (χ4n) is 3.62. The molecule has 0 radical (unpaired) electrons. The van der Waals surface area contributed by atoms with Crippen molar-refractivity contribution in [2.45, 2.75) is 6.92 Å². The maximum absolute atomic E-state index is 11.4. The molecule has 0 saturated heterocycles. The average Bonchev–Trinajstić information content (AvgIpc) is 3.13. The van der Waals surface area contributed by atoms with Crippen molar-refractivity contribution >= 4 is 52.9 Å². The summed E-state index contributed by atoms with van der Waals surface area (Å²) in [5.74, 6) is 1.16. The van der Waals surface area contributed by atoms with Gasteiger partial charge in [-0.2, -0.15) is 5.10 Å². The minimum atomic E-state index is -0.391. The van der Waals surface area contributed by atoms with Gasteiger partial charge in [0.15, 0.2) is 5.82 Å². The second-order valence-electron chi connectivity index (χ2n) is 7.46. The molecule has 0 fully saturated rings. The Balaban J connectivity index is 1.65. The molecule has 3 aromatic carbocycles. The molecule has 2 aromatic heterocycles. The largest absolute Gasteiger partial charge is 0.427 e. The Bertz CT molecular complexity index is 1500. The summed E-state index contributed by atoms with van der Waals surface area (Å²) in [7, 11) is 1.90. The van der Waals surface area contributed by atoms with E-state index in [9.17, 15) is 4.79 Å². The van der Waals surface area contributed by atoms with Gasteiger partial charge in [-0.1, -0.05) is 12.1 Å². The van der Waals surface area contributed by atoms with Gasteiger partial charge in [-0.3, -0.25) is 4.79 Å². The first-order chi connectivity index (χ1) is 15.5. The quantitative estimate of drug-likeness (QED) is 0.198. The number of hydrogen-bond acceptors (Lipinski definition) is 7. The van der Waals surface area contributed by atoms with Gasteiger partial charge in [0.05, 0.1) is 17.2 Å². The first-order valence-corrected chi connectivity index (χ1v) is 10.0. The molecular weight excluding hydrogens is 403 g/mol. The maximum atomic E-state index is 11.4. The molecule has 5 aromatic rings. The molecular formula is C23H19BN6O2. The molecule has 32 heavy (non-hydrogen) atoms. The number of esters is 1. The standard InChI is InChI=1S/C23H19BN6O2/c1-13(31)32-18-6-7-20-19(11-18)23(29-22(28-20)14-3-2-4-16(25)9-14)27-17-5-8-21-15(10-17)12-26-30(21)24/h2-12H,24-25H2,1H3,(H,27,28,29). The number of fused-ring (bicyclic) bond motifs is 2. The molecule has 0 spiro atoms. The lowest BCUT2D eigenvalue weighted by Crippen LogP contribution is -2.03. The number of carbonyl (C=O) groups excluding carboxylic acids is 1. The van der Waals surface area contributed by atoms with Crippen molar-refractivity contribution in [1.29, 1.82) is 0 Å². The van der Waals surface area contributed by atoms with Crippen LogP contribution in [-0.2, 0) is 4.79 Å². The number of carbonyl (C=O) groups is 1. The minimum absolute atomic E-state index is 0.391. The van der Waals surface area contributed by atoms with Crippen LogP contribution in [0.1, 0.15) is 6.92 Å². The summed E-state index contributed by atoms with van der Waals surface area (Å²) in [4.78, 5) is 20.9. The van der Waals surface area contributed by atoms with Crippen LogP contribution in [0.4, 0.5) is 17.2 Å². The van der Waals surface area contributed by atoms with Crippen LogP contribution in [0, 0.1) is 0 Å². The predicted octanol–water partition coefficient (Wildman–Crippen LogP) is 3.29. The summed E-state index contributed by atoms with van der Waals surface area (Å²) in [6, 6.07) is 18.7. The predicted molar refractivity (Wildman–Crippen MR) is 128 cm³/mol. The summed E-state index contributed by atoms with van der Waals surface area (Å²) >= 11 is 0. The number of hydrogen-bond donors (Lipinski definition) is 2. The third-order valence-electron chi connectivity index (χ3n) is 5.08. The SMILES string of the molecule is Bn1ncc2cc(Nc3nc(-c4cccc(N)c4)nc4ccc(OC(C)=O)cc34)ccc21. The Hall–Kier alpha value is -4.40. The Morgan fingerprint density at radius 3 is 2.78 bits per heavy atom. The Labute approximate surface area is 184 Å². The molecule has 0 unspecified atom stereocenters. The highest BCUT2D eigenvalue weighted by atomic mass is 16.5. The average molecular weight is 422 g/mol. The molecule has 0 amide bonds. The number of benzene rings is 3. The van der Waals surface area contributed by atoms with E-state index in [4.69, 9.17) is 20.4 Å². The lowest BCUT2D eigenvalue weighted by molar-refractivity contribution is -0.131. The third-order valence-corrected chi connectivity index (χ3v) is 5.08. The third kappa shape index (κ3) is 3.71. The van der Waals surface area contributed by atoms with Crippen molar-refractivity contribution in [2.75, 3.05) is 11.1 Å². The number of aromatic nitrogens is 4. The molecule has 0 aliphatic carbocycles. The van der Waals surface area contributed by atoms with Crippen LogP contribution in [0.2, 0.25) is 0 Å². The van der Waals surface area contributed by atoms with E-state index in [0.29, 0.717) is 28.6 Å². The zero-order chi connectivity index (χ0) is 22.2. The number of nitrogens with two attached hydrogens (primary N) is 1. The van der Waals surface area contributed by atoms with Crippen molar-refractivity contribution in [3.63, 3.8) is 0 Å². The van der Waals surface area contributed by atoms with E-state index in [1.54, 1.807) is 18.2 Å². The molecule has 0 saturated carbocycles. The van der Waals surface area contributed by atoms with E-state index in [-0.39, 0.29) is 0 Å². The van der Waals surface area contributed by atoms with Crippen molar-refractivity contribution in [2.24, 2.45) is 0 Å². The van der Waals surface area contributed by atoms with Crippen LogP contribution in [-0.4, -0.2) is 33.6 Å². The minimum Gasteiger partial charge on any atom is -0.427 e. The van der Waals surface area contributed by atoms with Gasteiger partial charge in [-0.15, -0.1) is 0 Å². The fourth-order valence-corrected chi connectivity index (χ4v) is 3.62. The highest BCUT2D eigenvalue weighted by Gasteiger charge is 2.13. The smallest absolute Gasteiger partial charge is 0.308 e. The van der Waals surface area contributed by atoms with Crippen molar-refractivity contribution in [3.8, 4) is 17.1 Å². The number of anilines is 3. The topological polar surface area (TPSA) is 108 Å². The molecule has 0 aliphatic heterocycles. The summed E-state index contributed by atoms with van der Waals surface area (Å²) in [5.41, 5.74) is 9.99. The molecule has 2 heterocycles. The number of rotatable bonds is 4. The van der Waals surface area contributed by atoms with Crippen LogP contribution in [0.15, 0.2) is 66.9 Å². The van der Waals surface area contributed by atoms with E-state index < -0.39 is 5.97 Å². The zero-order valence-corrected chi connectivity index (χ0v) is 17.5. The van der Waals surface area contributed by atoms with Crippen molar-refractivity contribution < 1.29 is 9.53 Å². The second-order valence-corrected chi connectivity index (χ2v) is 7.46.